The average Bonchev–Trinajstić information content (AvgIpc) is 2.95. The lowest BCUT2D eigenvalue weighted by molar-refractivity contribution is -0.385. The molecule has 1 N–H and O–H groups in total. The Labute approximate surface area is 194 Å². The molecule has 0 spiro atoms. The number of ether oxygens (including phenoxy) is 3. The molecule has 1 aliphatic carbocycles. The number of nitriles is 1. The Balaban J connectivity index is 1.74. The van der Waals surface area contributed by atoms with Crippen molar-refractivity contribution in [2.75, 3.05) is 25.6 Å². The fourth-order valence-electron chi connectivity index (χ4n) is 3.61. The number of benzene rings is 1. The summed E-state index contributed by atoms with van der Waals surface area (Å²) in [6.07, 6.45) is 4.79. The first-order chi connectivity index (χ1) is 15.9. The number of thiophene rings is 1. The number of nitrogens with zero attached hydrogens (tertiary/aromatic N) is 2. The summed E-state index contributed by atoms with van der Waals surface area (Å²) in [5.74, 6) is -1.46. The SMILES string of the molecule is CCOc1cc(C(=O)OCC(=O)Nc2sc3c(c2C#N)CCCCC3)c([N+](=O)[O-])cc1OC. The summed E-state index contributed by atoms with van der Waals surface area (Å²) in [6.45, 7) is 1.29. The molecule has 10 nitrogen and oxygen atoms in total. The van der Waals surface area contributed by atoms with Gasteiger partial charge in [0.05, 0.1) is 30.3 Å². The molecule has 0 saturated carbocycles. The van der Waals surface area contributed by atoms with Crippen molar-refractivity contribution in [1.82, 2.24) is 0 Å². The standard InChI is InChI=1S/C22H23N3O7S/c1-3-31-18-9-14(16(25(28)29)10-17(18)30-2)22(27)32-12-20(26)24-21-15(11-23)13-7-5-4-6-8-19(13)33-21/h9-10H,3-8,12H2,1-2H3,(H,24,26). The molecule has 33 heavy (non-hydrogen) atoms. The molecule has 1 aliphatic rings. The Bertz CT molecular complexity index is 1120. The molecule has 0 fully saturated rings. The molecular weight excluding hydrogens is 450 g/mol. The molecular formula is C22H23N3O7S. The van der Waals surface area contributed by atoms with Gasteiger partial charge in [0.2, 0.25) is 0 Å². The Morgan fingerprint density at radius 3 is 2.67 bits per heavy atom. The Hall–Kier alpha value is -3.65. The molecule has 3 rings (SSSR count). The number of nitro groups is 1. The van der Waals surface area contributed by atoms with Gasteiger partial charge in [-0.1, -0.05) is 6.42 Å². The van der Waals surface area contributed by atoms with Crippen LogP contribution in [0.2, 0.25) is 0 Å². The topological polar surface area (TPSA) is 141 Å². The number of rotatable bonds is 8. The van der Waals surface area contributed by atoms with Crippen molar-refractivity contribution in [2.24, 2.45) is 0 Å². The third-order valence-corrected chi connectivity index (χ3v) is 6.33. The van der Waals surface area contributed by atoms with Gasteiger partial charge in [0, 0.05) is 10.9 Å². The van der Waals surface area contributed by atoms with Crippen LogP contribution < -0.4 is 14.8 Å². The largest absolute Gasteiger partial charge is 0.493 e. The van der Waals surface area contributed by atoms with Crippen LogP contribution in [0.15, 0.2) is 12.1 Å². The number of amides is 1. The molecule has 0 bridgehead atoms. The lowest BCUT2D eigenvalue weighted by Crippen LogP contribution is -2.21. The van der Waals surface area contributed by atoms with Crippen LogP contribution in [0.1, 0.15) is 52.5 Å². The number of fused-ring (bicyclic) bond motifs is 1. The van der Waals surface area contributed by atoms with Crippen LogP contribution in [0, 0.1) is 21.4 Å². The summed E-state index contributed by atoms with van der Waals surface area (Å²) in [5, 5.41) is 24.1. The van der Waals surface area contributed by atoms with Crippen molar-refractivity contribution in [1.29, 1.82) is 5.26 Å². The number of carbonyl (C=O) groups excluding carboxylic acids is 2. The number of nitrogens with one attached hydrogen (secondary N) is 1. The lowest BCUT2D eigenvalue weighted by atomic mass is 10.1. The quantitative estimate of drug-likeness (QED) is 0.262. The number of hydrogen-bond donors (Lipinski definition) is 1. The van der Waals surface area contributed by atoms with Gasteiger partial charge in [-0.05, 0) is 38.2 Å². The molecule has 11 heteroatoms. The van der Waals surface area contributed by atoms with E-state index in [0.29, 0.717) is 10.6 Å². The summed E-state index contributed by atoms with van der Waals surface area (Å²) in [4.78, 5) is 36.7. The average molecular weight is 474 g/mol. The molecule has 174 valence electrons. The van der Waals surface area contributed by atoms with E-state index in [4.69, 9.17) is 14.2 Å². The van der Waals surface area contributed by atoms with E-state index in [1.807, 2.05) is 0 Å². The summed E-state index contributed by atoms with van der Waals surface area (Å²) in [6, 6.07) is 4.39. The van der Waals surface area contributed by atoms with E-state index in [9.17, 15) is 25.0 Å². The molecule has 2 aromatic rings. The maximum atomic E-state index is 12.6. The zero-order valence-corrected chi connectivity index (χ0v) is 19.1. The maximum absolute atomic E-state index is 12.6. The number of carbonyl (C=O) groups is 2. The van der Waals surface area contributed by atoms with Gasteiger partial charge in [0.1, 0.15) is 16.6 Å². The molecule has 1 aromatic carbocycles. The van der Waals surface area contributed by atoms with Gasteiger partial charge < -0.3 is 19.5 Å². The summed E-state index contributed by atoms with van der Waals surface area (Å²) >= 11 is 1.36. The van der Waals surface area contributed by atoms with E-state index in [1.165, 1.54) is 18.4 Å². The van der Waals surface area contributed by atoms with Gasteiger partial charge in [0.25, 0.3) is 11.6 Å². The van der Waals surface area contributed by atoms with Crippen LogP contribution >= 0.6 is 11.3 Å². The second kappa shape index (κ2) is 10.8. The molecule has 0 atom stereocenters. The highest BCUT2D eigenvalue weighted by atomic mass is 32.1. The van der Waals surface area contributed by atoms with Crippen LogP contribution in [0.4, 0.5) is 10.7 Å². The smallest absolute Gasteiger partial charge is 0.345 e. The molecule has 0 radical (unpaired) electrons. The van der Waals surface area contributed by atoms with Gasteiger partial charge in [0.15, 0.2) is 18.1 Å². The zero-order chi connectivity index (χ0) is 24.0. The van der Waals surface area contributed by atoms with E-state index in [0.717, 1.165) is 54.7 Å². The van der Waals surface area contributed by atoms with E-state index < -0.39 is 29.1 Å². The van der Waals surface area contributed by atoms with Crippen LogP contribution in [0.25, 0.3) is 0 Å². The first-order valence-corrected chi connectivity index (χ1v) is 11.2. The third-order valence-electron chi connectivity index (χ3n) is 5.12. The van der Waals surface area contributed by atoms with Gasteiger partial charge in [-0.15, -0.1) is 11.3 Å². The van der Waals surface area contributed by atoms with Gasteiger partial charge in [-0.2, -0.15) is 5.26 Å². The number of esters is 1. The first kappa shape index (κ1) is 24.0. The highest BCUT2D eigenvalue weighted by molar-refractivity contribution is 7.16. The van der Waals surface area contributed by atoms with Crippen molar-refractivity contribution < 1.29 is 28.7 Å². The fraction of sp³-hybridized carbons (Fsp3) is 0.409. The number of nitro benzene ring substituents is 1. The summed E-state index contributed by atoms with van der Waals surface area (Å²) in [7, 11) is 1.32. The van der Waals surface area contributed by atoms with Crippen molar-refractivity contribution in [2.45, 2.75) is 39.0 Å². The molecule has 0 unspecified atom stereocenters. The van der Waals surface area contributed by atoms with Crippen molar-refractivity contribution in [3.05, 3.63) is 43.8 Å². The van der Waals surface area contributed by atoms with Crippen molar-refractivity contribution in [3.8, 4) is 17.6 Å². The second-order valence-electron chi connectivity index (χ2n) is 7.22. The van der Waals surface area contributed by atoms with E-state index in [2.05, 4.69) is 11.4 Å². The number of hydrogen-bond acceptors (Lipinski definition) is 9. The lowest BCUT2D eigenvalue weighted by Gasteiger charge is -2.11. The molecule has 1 heterocycles. The van der Waals surface area contributed by atoms with Gasteiger partial charge >= 0.3 is 5.97 Å². The van der Waals surface area contributed by atoms with Crippen molar-refractivity contribution >= 4 is 33.9 Å². The van der Waals surface area contributed by atoms with Crippen LogP contribution in [0.3, 0.4) is 0 Å². The molecule has 0 saturated heterocycles. The Morgan fingerprint density at radius 2 is 2.00 bits per heavy atom. The third kappa shape index (κ3) is 5.40. The highest BCUT2D eigenvalue weighted by Crippen LogP contribution is 2.37. The summed E-state index contributed by atoms with van der Waals surface area (Å²) in [5.41, 5.74) is 0.528. The minimum absolute atomic E-state index is 0.0966. The fourth-order valence-corrected chi connectivity index (χ4v) is 4.87. The predicted molar refractivity (Wildman–Crippen MR) is 120 cm³/mol. The predicted octanol–water partition coefficient (Wildman–Crippen LogP) is 4.00. The second-order valence-corrected chi connectivity index (χ2v) is 8.32. The number of methoxy groups -OCH3 is 1. The minimum Gasteiger partial charge on any atom is -0.493 e. The zero-order valence-electron chi connectivity index (χ0n) is 18.3. The van der Waals surface area contributed by atoms with E-state index in [1.54, 1.807) is 6.92 Å². The molecule has 0 aliphatic heterocycles. The monoisotopic (exact) mass is 473 g/mol. The first-order valence-electron chi connectivity index (χ1n) is 10.4. The minimum atomic E-state index is -1.05. The maximum Gasteiger partial charge on any atom is 0.345 e. The molecule has 1 aromatic heterocycles. The van der Waals surface area contributed by atoms with E-state index in [-0.39, 0.29) is 23.7 Å². The Morgan fingerprint density at radius 1 is 1.24 bits per heavy atom. The van der Waals surface area contributed by atoms with Crippen LogP contribution in [-0.4, -0.2) is 37.1 Å². The number of aryl methyl sites for hydroxylation is 1. The summed E-state index contributed by atoms with van der Waals surface area (Å²) < 4.78 is 15.5. The number of anilines is 1. The Kier molecular flexibility index (Phi) is 7.84. The highest BCUT2D eigenvalue weighted by Gasteiger charge is 2.27. The molecule has 1 amide bonds. The van der Waals surface area contributed by atoms with Crippen molar-refractivity contribution in [3.63, 3.8) is 0 Å². The normalized spacial score (nSPS) is 12.6. The van der Waals surface area contributed by atoms with Gasteiger partial charge in [-0.25, -0.2) is 4.79 Å². The van der Waals surface area contributed by atoms with Crippen LogP contribution in [0.5, 0.6) is 11.5 Å². The van der Waals surface area contributed by atoms with Crippen LogP contribution in [-0.2, 0) is 22.4 Å². The van der Waals surface area contributed by atoms with E-state index >= 15 is 0 Å². The van der Waals surface area contributed by atoms with Gasteiger partial charge in [-0.3, -0.25) is 14.9 Å².